The number of guanidine groups is 1. The Morgan fingerprint density at radius 1 is 1.77 bits per heavy atom. The molecule has 0 saturated carbocycles. The van der Waals surface area contributed by atoms with Gasteiger partial charge in [0.15, 0.2) is 5.96 Å². The van der Waals surface area contributed by atoms with Crippen LogP contribution in [-0.2, 0) is 4.74 Å². The van der Waals surface area contributed by atoms with Crippen LogP contribution < -0.4 is 16.4 Å². The molecule has 0 aromatic carbocycles. The first-order chi connectivity index (χ1) is 6.33. The van der Waals surface area contributed by atoms with Gasteiger partial charge in [0.05, 0.1) is 12.7 Å². The zero-order valence-electron chi connectivity index (χ0n) is 8.05. The maximum atomic E-state index is 5.59. The number of nitrogens with two attached hydrogens (primary N) is 1. The largest absolute Gasteiger partial charge is 0.382 e. The maximum absolute atomic E-state index is 5.59. The Kier molecular flexibility index (Phi) is 4.56. The van der Waals surface area contributed by atoms with Crippen LogP contribution in [0.15, 0.2) is 4.99 Å². The molecule has 13 heavy (non-hydrogen) atoms. The standard InChI is InChI=1S/C8H18N4O/c1-2-13-5-3-4-10-8-11-6-7(9)12-8/h7H,2-6,9H2,1H3,(H2,10,11,12). The van der Waals surface area contributed by atoms with Crippen molar-refractivity contribution in [2.75, 3.05) is 26.3 Å². The summed E-state index contributed by atoms with van der Waals surface area (Å²) in [5.74, 6) is 0.809. The molecule has 1 heterocycles. The molecule has 1 aliphatic rings. The van der Waals surface area contributed by atoms with Crippen molar-refractivity contribution in [3.63, 3.8) is 0 Å². The highest BCUT2D eigenvalue weighted by atomic mass is 16.5. The van der Waals surface area contributed by atoms with Gasteiger partial charge in [-0.1, -0.05) is 0 Å². The summed E-state index contributed by atoms with van der Waals surface area (Å²) in [4.78, 5) is 4.16. The van der Waals surface area contributed by atoms with Crippen molar-refractivity contribution in [2.24, 2.45) is 10.7 Å². The van der Waals surface area contributed by atoms with Gasteiger partial charge < -0.3 is 21.1 Å². The van der Waals surface area contributed by atoms with Crippen molar-refractivity contribution in [2.45, 2.75) is 19.5 Å². The molecule has 0 fully saturated rings. The Bertz CT molecular complexity index is 172. The summed E-state index contributed by atoms with van der Waals surface area (Å²) in [5.41, 5.74) is 5.59. The van der Waals surface area contributed by atoms with Crippen molar-refractivity contribution < 1.29 is 4.74 Å². The molecular weight excluding hydrogens is 168 g/mol. The molecule has 0 aliphatic carbocycles. The lowest BCUT2D eigenvalue weighted by atomic mass is 10.4. The minimum Gasteiger partial charge on any atom is -0.382 e. The number of nitrogens with one attached hydrogen (secondary N) is 2. The number of rotatable bonds is 5. The van der Waals surface area contributed by atoms with E-state index in [2.05, 4.69) is 15.6 Å². The summed E-state index contributed by atoms with van der Waals surface area (Å²) in [5, 5.41) is 6.17. The van der Waals surface area contributed by atoms with E-state index < -0.39 is 0 Å². The summed E-state index contributed by atoms with van der Waals surface area (Å²) in [6, 6.07) is 0. The fourth-order valence-corrected chi connectivity index (χ4v) is 1.09. The van der Waals surface area contributed by atoms with Gasteiger partial charge >= 0.3 is 0 Å². The summed E-state index contributed by atoms with van der Waals surface area (Å²) in [6.07, 6.45) is 0.971. The molecule has 5 heteroatoms. The highest BCUT2D eigenvalue weighted by Crippen LogP contribution is 1.87. The molecule has 0 saturated heterocycles. The quantitative estimate of drug-likeness (QED) is 0.494. The minimum atomic E-state index is -0.0191. The van der Waals surface area contributed by atoms with Crippen LogP contribution in [0.4, 0.5) is 0 Å². The molecule has 0 spiro atoms. The molecule has 1 aliphatic heterocycles. The summed E-state index contributed by atoms with van der Waals surface area (Å²) >= 11 is 0. The lowest BCUT2D eigenvalue weighted by molar-refractivity contribution is 0.145. The molecule has 76 valence electrons. The Balaban J connectivity index is 1.94. The average molecular weight is 186 g/mol. The van der Waals surface area contributed by atoms with E-state index in [0.717, 1.165) is 32.1 Å². The first-order valence-corrected chi connectivity index (χ1v) is 4.71. The van der Waals surface area contributed by atoms with Gasteiger partial charge in [-0.05, 0) is 13.3 Å². The lowest BCUT2D eigenvalue weighted by Gasteiger charge is -2.08. The van der Waals surface area contributed by atoms with Gasteiger partial charge in [0, 0.05) is 19.8 Å². The summed E-state index contributed by atoms with van der Waals surface area (Å²) in [6.45, 7) is 5.11. The molecule has 5 nitrogen and oxygen atoms in total. The fraction of sp³-hybridized carbons (Fsp3) is 0.875. The zero-order valence-corrected chi connectivity index (χ0v) is 8.05. The van der Waals surface area contributed by atoms with E-state index in [1.165, 1.54) is 0 Å². The lowest BCUT2D eigenvalue weighted by Crippen LogP contribution is -2.43. The molecule has 0 amide bonds. The van der Waals surface area contributed by atoms with Gasteiger partial charge in [-0.15, -0.1) is 0 Å². The molecule has 0 aromatic rings. The second kappa shape index (κ2) is 5.77. The monoisotopic (exact) mass is 186 g/mol. The van der Waals surface area contributed by atoms with Gasteiger partial charge in [-0.2, -0.15) is 0 Å². The normalized spacial score (nSPS) is 21.1. The third-order valence-electron chi connectivity index (χ3n) is 1.73. The second-order valence-corrected chi connectivity index (χ2v) is 2.92. The predicted molar refractivity (Wildman–Crippen MR) is 52.5 cm³/mol. The van der Waals surface area contributed by atoms with Crippen molar-refractivity contribution >= 4 is 5.96 Å². The van der Waals surface area contributed by atoms with E-state index in [1.54, 1.807) is 0 Å². The third kappa shape index (κ3) is 4.10. The van der Waals surface area contributed by atoms with E-state index in [0.29, 0.717) is 6.54 Å². The number of hydrogen-bond donors (Lipinski definition) is 3. The van der Waals surface area contributed by atoms with Crippen LogP contribution >= 0.6 is 0 Å². The van der Waals surface area contributed by atoms with Crippen molar-refractivity contribution in [1.29, 1.82) is 0 Å². The van der Waals surface area contributed by atoms with E-state index in [-0.39, 0.29) is 6.17 Å². The van der Waals surface area contributed by atoms with E-state index in [4.69, 9.17) is 10.5 Å². The number of ether oxygens (including phenoxy) is 1. The van der Waals surface area contributed by atoms with Gasteiger partial charge in [-0.25, -0.2) is 4.99 Å². The van der Waals surface area contributed by atoms with Gasteiger partial charge in [-0.3, -0.25) is 0 Å². The topological polar surface area (TPSA) is 71.7 Å². The van der Waals surface area contributed by atoms with Crippen molar-refractivity contribution in [1.82, 2.24) is 10.6 Å². The SMILES string of the molecule is CCOCCCNC1=NCC(N)N1. The Morgan fingerprint density at radius 3 is 3.23 bits per heavy atom. The van der Waals surface area contributed by atoms with Gasteiger partial charge in [0.2, 0.25) is 0 Å². The first kappa shape index (κ1) is 10.3. The molecule has 0 radical (unpaired) electrons. The highest BCUT2D eigenvalue weighted by molar-refractivity contribution is 5.81. The predicted octanol–water partition coefficient (Wildman–Crippen LogP) is -0.753. The van der Waals surface area contributed by atoms with E-state index in [1.807, 2.05) is 6.92 Å². The van der Waals surface area contributed by atoms with Crippen molar-refractivity contribution in [3.05, 3.63) is 0 Å². The van der Waals surface area contributed by atoms with Crippen LogP contribution in [0.2, 0.25) is 0 Å². The Labute approximate surface area is 78.7 Å². The van der Waals surface area contributed by atoms with Gasteiger partial charge in [0.25, 0.3) is 0 Å². The molecule has 0 bridgehead atoms. The van der Waals surface area contributed by atoms with Crippen LogP contribution in [0.5, 0.6) is 0 Å². The van der Waals surface area contributed by atoms with Crippen LogP contribution in [0.3, 0.4) is 0 Å². The number of hydrogen-bond acceptors (Lipinski definition) is 5. The Hall–Kier alpha value is -0.810. The molecule has 0 aromatic heterocycles. The highest BCUT2D eigenvalue weighted by Gasteiger charge is 2.10. The first-order valence-electron chi connectivity index (χ1n) is 4.71. The zero-order chi connectivity index (χ0) is 9.52. The summed E-state index contributed by atoms with van der Waals surface area (Å²) < 4.78 is 5.19. The number of aliphatic imine (C=N–C) groups is 1. The van der Waals surface area contributed by atoms with Crippen molar-refractivity contribution in [3.8, 4) is 0 Å². The molecular formula is C8H18N4O. The average Bonchev–Trinajstić information content (AvgIpc) is 2.51. The van der Waals surface area contributed by atoms with Gasteiger partial charge in [0.1, 0.15) is 0 Å². The minimum absolute atomic E-state index is 0.0191. The third-order valence-corrected chi connectivity index (χ3v) is 1.73. The molecule has 1 atom stereocenters. The molecule has 1 unspecified atom stereocenters. The second-order valence-electron chi connectivity index (χ2n) is 2.92. The molecule has 1 rings (SSSR count). The summed E-state index contributed by atoms with van der Waals surface area (Å²) in [7, 11) is 0. The molecule has 4 N–H and O–H groups in total. The van der Waals surface area contributed by atoms with Crippen LogP contribution in [-0.4, -0.2) is 38.4 Å². The van der Waals surface area contributed by atoms with Crippen LogP contribution in [0.25, 0.3) is 0 Å². The maximum Gasteiger partial charge on any atom is 0.192 e. The number of nitrogens with zero attached hydrogens (tertiary/aromatic N) is 1. The van der Waals surface area contributed by atoms with Crippen LogP contribution in [0, 0.1) is 0 Å². The van der Waals surface area contributed by atoms with E-state index in [9.17, 15) is 0 Å². The smallest absolute Gasteiger partial charge is 0.192 e. The van der Waals surface area contributed by atoms with Crippen LogP contribution in [0.1, 0.15) is 13.3 Å². The fourth-order valence-electron chi connectivity index (χ4n) is 1.09. The van der Waals surface area contributed by atoms with E-state index >= 15 is 0 Å². The Morgan fingerprint density at radius 2 is 2.62 bits per heavy atom.